The van der Waals surface area contributed by atoms with Crippen LogP contribution in [0.15, 0.2) is 41.2 Å². The zero-order chi connectivity index (χ0) is 14.7. The minimum absolute atomic E-state index is 0.217. The van der Waals surface area contributed by atoms with E-state index in [1.165, 1.54) is 37.3 Å². The van der Waals surface area contributed by atoms with Crippen molar-refractivity contribution < 1.29 is 5.11 Å². The number of hydrogen-bond donors (Lipinski definition) is 2. The first kappa shape index (κ1) is 13.9. The lowest BCUT2D eigenvalue weighted by molar-refractivity contribution is 0.401. The van der Waals surface area contributed by atoms with Crippen molar-refractivity contribution in [2.75, 3.05) is 0 Å². The summed E-state index contributed by atoms with van der Waals surface area (Å²) in [6.45, 7) is 0. The smallest absolute Gasteiger partial charge is 0.306 e. The molecule has 1 fully saturated rings. The number of aromatic hydroxyl groups is 1. The van der Waals surface area contributed by atoms with Gasteiger partial charge in [-0.2, -0.15) is 5.10 Å². The SMILES string of the molecule is O=c1[nH]nc(CCC2(c3ccccc3)CCCC2)cc1O. The summed E-state index contributed by atoms with van der Waals surface area (Å²) in [6.07, 6.45) is 6.69. The van der Waals surface area contributed by atoms with Gasteiger partial charge in [-0.05, 0) is 36.7 Å². The Morgan fingerprint density at radius 2 is 1.90 bits per heavy atom. The molecule has 0 saturated heterocycles. The van der Waals surface area contributed by atoms with Crippen LogP contribution < -0.4 is 5.56 Å². The zero-order valence-corrected chi connectivity index (χ0v) is 12.0. The van der Waals surface area contributed by atoms with E-state index in [2.05, 4.69) is 34.5 Å². The highest BCUT2D eigenvalue weighted by Gasteiger charge is 2.35. The fourth-order valence-corrected chi connectivity index (χ4v) is 3.46. The van der Waals surface area contributed by atoms with Crippen molar-refractivity contribution in [2.24, 2.45) is 0 Å². The van der Waals surface area contributed by atoms with Gasteiger partial charge in [0.05, 0.1) is 5.69 Å². The number of benzene rings is 1. The van der Waals surface area contributed by atoms with Crippen LogP contribution in [0.1, 0.15) is 43.4 Å². The summed E-state index contributed by atoms with van der Waals surface area (Å²) in [5.41, 5.74) is 1.83. The van der Waals surface area contributed by atoms with Crippen LogP contribution in [-0.4, -0.2) is 15.3 Å². The number of aromatic nitrogens is 2. The van der Waals surface area contributed by atoms with Gasteiger partial charge in [-0.1, -0.05) is 43.2 Å². The molecular formula is C17H20N2O2. The van der Waals surface area contributed by atoms with Crippen molar-refractivity contribution in [1.29, 1.82) is 0 Å². The molecule has 110 valence electrons. The highest BCUT2D eigenvalue weighted by molar-refractivity contribution is 5.27. The quantitative estimate of drug-likeness (QED) is 0.907. The van der Waals surface area contributed by atoms with Crippen molar-refractivity contribution in [2.45, 2.75) is 43.9 Å². The van der Waals surface area contributed by atoms with E-state index in [1.807, 2.05) is 6.07 Å². The molecule has 2 aromatic rings. The largest absolute Gasteiger partial charge is 0.503 e. The van der Waals surface area contributed by atoms with Gasteiger partial charge in [0.1, 0.15) is 0 Å². The summed E-state index contributed by atoms with van der Waals surface area (Å²) < 4.78 is 0. The Hall–Kier alpha value is -2.10. The van der Waals surface area contributed by atoms with Crippen LogP contribution in [0.25, 0.3) is 0 Å². The minimum Gasteiger partial charge on any atom is -0.503 e. The highest BCUT2D eigenvalue weighted by Crippen LogP contribution is 2.44. The Morgan fingerprint density at radius 3 is 2.57 bits per heavy atom. The first-order valence-electron chi connectivity index (χ1n) is 7.53. The molecule has 1 aromatic carbocycles. The first-order chi connectivity index (χ1) is 10.2. The first-order valence-corrected chi connectivity index (χ1v) is 7.53. The van der Waals surface area contributed by atoms with Crippen LogP contribution in [0.3, 0.4) is 0 Å². The molecule has 0 spiro atoms. The van der Waals surface area contributed by atoms with Crippen molar-refractivity contribution in [3.63, 3.8) is 0 Å². The number of aromatic amines is 1. The molecular weight excluding hydrogens is 264 g/mol. The fourth-order valence-electron chi connectivity index (χ4n) is 3.46. The van der Waals surface area contributed by atoms with E-state index < -0.39 is 5.56 Å². The average Bonchev–Trinajstić information content (AvgIpc) is 3.00. The number of nitrogens with zero attached hydrogens (tertiary/aromatic N) is 1. The molecule has 0 amide bonds. The Balaban J connectivity index is 1.80. The molecule has 0 radical (unpaired) electrons. The normalized spacial score (nSPS) is 17.0. The summed E-state index contributed by atoms with van der Waals surface area (Å²) in [5.74, 6) is -0.250. The summed E-state index contributed by atoms with van der Waals surface area (Å²) in [7, 11) is 0. The maximum Gasteiger partial charge on any atom is 0.306 e. The van der Waals surface area contributed by atoms with Crippen molar-refractivity contribution in [1.82, 2.24) is 10.2 Å². The summed E-state index contributed by atoms with van der Waals surface area (Å²) in [6, 6.07) is 12.1. The van der Waals surface area contributed by atoms with Gasteiger partial charge < -0.3 is 5.11 Å². The van der Waals surface area contributed by atoms with E-state index in [-0.39, 0.29) is 11.2 Å². The maximum absolute atomic E-state index is 11.1. The third-order valence-electron chi connectivity index (χ3n) is 4.64. The predicted octanol–water partition coefficient (Wildman–Crippen LogP) is 2.92. The molecule has 4 nitrogen and oxygen atoms in total. The van der Waals surface area contributed by atoms with Gasteiger partial charge in [0.15, 0.2) is 5.75 Å². The molecule has 1 aliphatic carbocycles. The minimum atomic E-state index is -0.530. The van der Waals surface area contributed by atoms with Crippen LogP contribution in [0.2, 0.25) is 0 Å². The van der Waals surface area contributed by atoms with Crippen molar-refractivity contribution in [3.05, 3.63) is 58.0 Å². The second-order valence-corrected chi connectivity index (χ2v) is 5.93. The molecule has 1 heterocycles. The Morgan fingerprint density at radius 1 is 1.19 bits per heavy atom. The maximum atomic E-state index is 11.1. The molecule has 3 rings (SSSR count). The lowest BCUT2D eigenvalue weighted by atomic mass is 9.75. The molecule has 1 aliphatic rings. The topological polar surface area (TPSA) is 66.0 Å². The number of rotatable bonds is 4. The van der Waals surface area contributed by atoms with E-state index in [1.54, 1.807) is 0 Å². The van der Waals surface area contributed by atoms with Gasteiger partial charge in [0.2, 0.25) is 0 Å². The van der Waals surface area contributed by atoms with E-state index in [9.17, 15) is 9.90 Å². The Kier molecular flexibility index (Phi) is 3.78. The van der Waals surface area contributed by atoms with Gasteiger partial charge >= 0.3 is 5.56 Å². The van der Waals surface area contributed by atoms with E-state index in [0.29, 0.717) is 0 Å². The molecule has 1 aromatic heterocycles. The number of nitrogens with one attached hydrogen (secondary N) is 1. The van der Waals surface area contributed by atoms with Gasteiger partial charge in [0.25, 0.3) is 0 Å². The van der Waals surface area contributed by atoms with Crippen molar-refractivity contribution in [3.8, 4) is 5.75 Å². The molecule has 0 atom stereocenters. The molecule has 0 unspecified atom stereocenters. The second kappa shape index (κ2) is 5.72. The van der Waals surface area contributed by atoms with Crippen LogP contribution in [-0.2, 0) is 11.8 Å². The molecule has 1 saturated carbocycles. The van der Waals surface area contributed by atoms with Crippen LogP contribution in [0.5, 0.6) is 5.75 Å². The number of H-pyrrole nitrogens is 1. The number of aryl methyl sites for hydroxylation is 1. The molecule has 21 heavy (non-hydrogen) atoms. The van der Waals surface area contributed by atoms with E-state index in [0.717, 1.165) is 18.5 Å². The standard InChI is InChI=1S/C17H20N2O2/c20-15-12-14(18-19-16(15)21)8-11-17(9-4-5-10-17)13-6-2-1-3-7-13/h1-3,6-7,12H,4-5,8-11H2,(H,18,20)(H,19,21). The highest BCUT2D eigenvalue weighted by atomic mass is 16.3. The monoisotopic (exact) mass is 284 g/mol. The zero-order valence-electron chi connectivity index (χ0n) is 12.0. The predicted molar refractivity (Wildman–Crippen MR) is 81.4 cm³/mol. The Labute approximate surface area is 123 Å². The van der Waals surface area contributed by atoms with Crippen LogP contribution in [0.4, 0.5) is 0 Å². The average molecular weight is 284 g/mol. The second-order valence-electron chi connectivity index (χ2n) is 5.93. The van der Waals surface area contributed by atoms with Gasteiger partial charge in [0, 0.05) is 6.07 Å². The lowest BCUT2D eigenvalue weighted by Crippen LogP contribution is -2.23. The third-order valence-corrected chi connectivity index (χ3v) is 4.64. The summed E-state index contributed by atoms with van der Waals surface area (Å²) >= 11 is 0. The fraction of sp³-hybridized carbons (Fsp3) is 0.412. The van der Waals surface area contributed by atoms with E-state index >= 15 is 0 Å². The Bertz CT molecular complexity index is 658. The molecule has 0 bridgehead atoms. The van der Waals surface area contributed by atoms with Gasteiger partial charge in [-0.15, -0.1) is 0 Å². The molecule has 4 heteroatoms. The van der Waals surface area contributed by atoms with Gasteiger partial charge in [-0.3, -0.25) is 4.79 Å². The van der Waals surface area contributed by atoms with Crippen LogP contribution in [0, 0.1) is 0 Å². The van der Waals surface area contributed by atoms with Crippen LogP contribution >= 0.6 is 0 Å². The summed E-state index contributed by atoms with van der Waals surface area (Å²) in [4.78, 5) is 11.1. The lowest BCUT2D eigenvalue weighted by Gasteiger charge is -2.29. The summed E-state index contributed by atoms with van der Waals surface area (Å²) in [5, 5.41) is 15.9. The molecule has 0 aliphatic heterocycles. The van der Waals surface area contributed by atoms with E-state index in [4.69, 9.17) is 0 Å². The number of hydrogen-bond acceptors (Lipinski definition) is 3. The van der Waals surface area contributed by atoms with Gasteiger partial charge in [-0.25, -0.2) is 5.10 Å². The molecule has 2 N–H and O–H groups in total. The van der Waals surface area contributed by atoms with Crippen molar-refractivity contribution >= 4 is 0 Å². The third kappa shape index (κ3) is 2.84.